The highest BCUT2D eigenvalue weighted by Crippen LogP contribution is 2.17. The second kappa shape index (κ2) is 7.29. The molecule has 0 saturated carbocycles. The maximum atomic E-state index is 11.6. The summed E-state index contributed by atoms with van der Waals surface area (Å²) < 4.78 is 10.4. The van der Waals surface area contributed by atoms with Crippen molar-refractivity contribution in [1.29, 1.82) is 0 Å². The van der Waals surface area contributed by atoms with Gasteiger partial charge < -0.3 is 14.8 Å². The highest BCUT2D eigenvalue weighted by molar-refractivity contribution is 5.70. The minimum Gasteiger partial charge on any atom is -0.497 e. The van der Waals surface area contributed by atoms with E-state index in [1.54, 1.807) is 7.11 Å². The number of hydrogen-bond acceptors (Lipinski definition) is 4. The van der Waals surface area contributed by atoms with Gasteiger partial charge in [0.2, 0.25) is 0 Å². The predicted molar refractivity (Wildman–Crippen MR) is 79.9 cm³/mol. The molecule has 0 aliphatic heterocycles. The molecule has 0 fully saturated rings. The lowest BCUT2D eigenvalue weighted by Crippen LogP contribution is -2.27. The zero-order valence-corrected chi connectivity index (χ0v) is 13.0. The van der Waals surface area contributed by atoms with Gasteiger partial charge in [-0.2, -0.15) is 0 Å². The Morgan fingerprint density at radius 2 is 1.85 bits per heavy atom. The molecule has 0 heterocycles. The minimum atomic E-state index is -0.418. The van der Waals surface area contributed by atoms with Crippen molar-refractivity contribution >= 4 is 5.97 Å². The summed E-state index contributed by atoms with van der Waals surface area (Å²) in [6.45, 7) is 8.29. The summed E-state index contributed by atoms with van der Waals surface area (Å²) >= 11 is 0. The average Bonchev–Trinajstić information content (AvgIpc) is 2.36. The van der Waals surface area contributed by atoms with Gasteiger partial charge in [0.25, 0.3) is 0 Å². The van der Waals surface area contributed by atoms with Gasteiger partial charge in [-0.05, 0) is 45.4 Å². The lowest BCUT2D eigenvalue weighted by molar-refractivity contribution is -0.154. The fraction of sp³-hybridized carbons (Fsp3) is 0.562. The third-order valence-electron chi connectivity index (χ3n) is 2.82. The standard InChI is InChI=1S/C16H25NO3/c1-12(13-6-8-14(19-5)9-7-13)17-11-10-15(18)20-16(2,3)4/h6-9,12,17H,10-11H2,1-5H3/t12-/m1/s1. The van der Waals surface area contributed by atoms with E-state index in [2.05, 4.69) is 12.2 Å². The van der Waals surface area contributed by atoms with Gasteiger partial charge in [-0.15, -0.1) is 0 Å². The molecule has 1 rings (SSSR count). The summed E-state index contributed by atoms with van der Waals surface area (Å²) in [6, 6.07) is 8.08. The van der Waals surface area contributed by atoms with Crippen LogP contribution in [0, 0.1) is 0 Å². The zero-order chi connectivity index (χ0) is 15.2. The van der Waals surface area contributed by atoms with Crippen molar-refractivity contribution < 1.29 is 14.3 Å². The van der Waals surface area contributed by atoms with Crippen molar-refractivity contribution in [2.24, 2.45) is 0 Å². The number of carbonyl (C=O) groups is 1. The molecule has 20 heavy (non-hydrogen) atoms. The highest BCUT2D eigenvalue weighted by atomic mass is 16.6. The van der Waals surface area contributed by atoms with Gasteiger partial charge in [-0.25, -0.2) is 0 Å². The fourth-order valence-corrected chi connectivity index (χ4v) is 1.79. The molecule has 0 aliphatic rings. The van der Waals surface area contributed by atoms with E-state index in [1.165, 1.54) is 0 Å². The first-order chi connectivity index (χ1) is 9.31. The third-order valence-corrected chi connectivity index (χ3v) is 2.82. The molecule has 0 aromatic heterocycles. The van der Waals surface area contributed by atoms with Crippen LogP contribution < -0.4 is 10.1 Å². The molecular formula is C16H25NO3. The van der Waals surface area contributed by atoms with E-state index >= 15 is 0 Å². The van der Waals surface area contributed by atoms with E-state index in [-0.39, 0.29) is 12.0 Å². The number of hydrogen-bond donors (Lipinski definition) is 1. The maximum Gasteiger partial charge on any atom is 0.307 e. The van der Waals surface area contributed by atoms with Crippen LogP contribution in [0.4, 0.5) is 0 Å². The Labute approximate surface area is 121 Å². The van der Waals surface area contributed by atoms with Crippen LogP contribution in [0.3, 0.4) is 0 Å². The molecular weight excluding hydrogens is 254 g/mol. The van der Waals surface area contributed by atoms with E-state index in [0.29, 0.717) is 13.0 Å². The van der Waals surface area contributed by atoms with Crippen LogP contribution >= 0.6 is 0 Å². The van der Waals surface area contributed by atoms with Gasteiger partial charge in [-0.3, -0.25) is 4.79 Å². The van der Waals surface area contributed by atoms with Gasteiger partial charge in [0.05, 0.1) is 13.5 Å². The van der Waals surface area contributed by atoms with Crippen molar-refractivity contribution in [3.63, 3.8) is 0 Å². The molecule has 0 unspecified atom stereocenters. The summed E-state index contributed by atoms with van der Waals surface area (Å²) in [5, 5.41) is 3.31. The number of esters is 1. The van der Waals surface area contributed by atoms with Crippen molar-refractivity contribution in [2.75, 3.05) is 13.7 Å². The van der Waals surface area contributed by atoms with E-state index in [9.17, 15) is 4.79 Å². The van der Waals surface area contributed by atoms with E-state index < -0.39 is 5.60 Å². The van der Waals surface area contributed by atoms with E-state index in [4.69, 9.17) is 9.47 Å². The summed E-state index contributed by atoms with van der Waals surface area (Å²) in [4.78, 5) is 11.6. The number of methoxy groups -OCH3 is 1. The van der Waals surface area contributed by atoms with Crippen LogP contribution in [0.25, 0.3) is 0 Å². The van der Waals surface area contributed by atoms with Gasteiger partial charge in [-0.1, -0.05) is 12.1 Å². The lowest BCUT2D eigenvalue weighted by Gasteiger charge is -2.20. The molecule has 1 N–H and O–H groups in total. The van der Waals surface area contributed by atoms with Gasteiger partial charge in [0, 0.05) is 12.6 Å². The van der Waals surface area contributed by atoms with Gasteiger partial charge in [0.15, 0.2) is 0 Å². The molecule has 0 aliphatic carbocycles. The molecule has 4 heteroatoms. The monoisotopic (exact) mass is 279 g/mol. The van der Waals surface area contributed by atoms with Crippen molar-refractivity contribution in [3.8, 4) is 5.75 Å². The Bertz CT molecular complexity index is 420. The molecule has 1 aromatic rings. The summed E-state index contributed by atoms with van der Waals surface area (Å²) in [5.74, 6) is 0.668. The van der Waals surface area contributed by atoms with Gasteiger partial charge >= 0.3 is 5.97 Å². The number of benzene rings is 1. The van der Waals surface area contributed by atoms with Crippen LogP contribution in [0.15, 0.2) is 24.3 Å². The van der Waals surface area contributed by atoms with Crippen molar-refractivity contribution in [2.45, 2.75) is 45.8 Å². The lowest BCUT2D eigenvalue weighted by atomic mass is 10.1. The molecule has 0 amide bonds. The molecule has 0 radical (unpaired) electrons. The summed E-state index contributed by atoms with van der Waals surface area (Å²) in [5.41, 5.74) is 0.744. The first-order valence-electron chi connectivity index (χ1n) is 6.91. The zero-order valence-electron chi connectivity index (χ0n) is 13.0. The highest BCUT2D eigenvalue weighted by Gasteiger charge is 2.16. The first kappa shape index (κ1) is 16.5. The fourth-order valence-electron chi connectivity index (χ4n) is 1.79. The van der Waals surface area contributed by atoms with Crippen LogP contribution in [0.2, 0.25) is 0 Å². The normalized spacial score (nSPS) is 12.8. The topological polar surface area (TPSA) is 47.6 Å². The molecule has 0 saturated heterocycles. The second-order valence-electron chi connectivity index (χ2n) is 5.79. The number of carbonyl (C=O) groups excluding carboxylic acids is 1. The van der Waals surface area contributed by atoms with Crippen LogP contribution in [-0.2, 0) is 9.53 Å². The van der Waals surface area contributed by atoms with Crippen molar-refractivity contribution in [3.05, 3.63) is 29.8 Å². The Balaban J connectivity index is 2.35. The molecule has 1 atom stereocenters. The summed E-state index contributed by atoms with van der Waals surface area (Å²) in [7, 11) is 1.65. The van der Waals surface area contributed by atoms with Crippen molar-refractivity contribution in [1.82, 2.24) is 5.32 Å². The Morgan fingerprint density at radius 3 is 2.35 bits per heavy atom. The minimum absolute atomic E-state index is 0.174. The molecule has 4 nitrogen and oxygen atoms in total. The first-order valence-corrected chi connectivity index (χ1v) is 6.91. The largest absolute Gasteiger partial charge is 0.497 e. The molecule has 0 spiro atoms. The second-order valence-corrected chi connectivity index (χ2v) is 5.79. The molecule has 1 aromatic carbocycles. The van der Waals surface area contributed by atoms with Crippen LogP contribution in [-0.4, -0.2) is 25.2 Å². The smallest absolute Gasteiger partial charge is 0.307 e. The Morgan fingerprint density at radius 1 is 1.25 bits per heavy atom. The number of nitrogens with one attached hydrogen (secondary N) is 1. The Hall–Kier alpha value is -1.55. The average molecular weight is 279 g/mol. The van der Waals surface area contributed by atoms with Crippen LogP contribution in [0.1, 0.15) is 45.7 Å². The molecule has 0 bridgehead atoms. The number of rotatable bonds is 6. The van der Waals surface area contributed by atoms with Gasteiger partial charge in [0.1, 0.15) is 11.4 Å². The van der Waals surface area contributed by atoms with E-state index in [0.717, 1.165) is 11.3 Å². The Kier molecular flexibility index (Phi) is 6.02. The molecule has 112 valence electrons. The summed E-state index contributed by atoms with van der Waals surface area (Å²) in [6.07, 6.45) is 0.373. The SMILES string of the molecule is COc1ccc([C@@H](C)NCCC(=O)OC(C)(C)C)cc1. The van der Waals surface area contributed by atoms with E-state index in [1.807, 2.05) is 45.0 Å². The number of ether oxygens (including phenoxy) is 2. The quantitative estimate of drug-likeness (QED) is 0.813. The third kappa shape index (κ3) is 6.06. The van der Waals surface area contributed by atoms with Crippen LogP contribution in [0.5, 0.6) is 5.75 Å². The predicted octanol–water partition coefficient (Wildman–Crippen LogP) is 3.08. The maximum absolute atomic E-state index is 11.6.